The summed E-state index contributed by atoms with van der Waals surface area (Å²) in [5, 5.41) is 17.0. The van der Waals surface area contributed by atoms with Crippen molar-refractivity contribution in [3.05, 3.63) is 60.2 Å². The Morgan fingerprint density at radius 1 is 1.25 bits per heavy atom. The van der Waals surface area contributed by atoms with Crippen LogP contribution in [-0.4, -0.2) is 43.7 Å². The number of benzene rings is 1. The summed E-state index contributed by atoms with van der Waals surface area (Å²) in [4.78, 5) is 21.8. The van der Waals surface area contributed by atoms with Gasteiger partial charge in [0, 0.05) is 43.7 Å². The van der Waals surface area contributed by atoms with Crippen molar-refractivity contribution in [1.29, 1.82) is 0 Å². The number of carbonyl (C=O) groups is 1. The number of likely N-dealkylation sites (tertiary alicyclic amines) is 1. The second-order valence-electron chi connectivity index (χ2n) is 6.90. The molecule has 8 nitrogen and oxygen atoms in total. The van der Waals surface area contributed by atoms with Gasteiger partial charge in [0.15, 0.2) is 0 Å². The zero-order valence-electron chi connectivity index (χ0n) is 15.4. The standard InChI is InChI=1S/C20H21N5O3/c1-13(26)22-16-4-2-14(3-5-16)11-25-12-17(27)10-18(25)20-23-19(24-28-20)15-6-8-21-9-7-15/h2-9,17-18,27H,10-12H2,1H3,(H,22,26). The zero-order valence-corrected chi connectivity index (χ0v) is 15.4. The smallest absolute Gasteiger partial charge is 0.244 e. The molecule has 2 unspecified atom stereocenters. The molecule has 0 bridgehead atoms. The number of nitrogens with zero attached hydrogens (tertiary/aromatic N) is 4. The Morgan fingerprint density at radius 3 is 2.71 bits per heavy atom. The van der Waals surface area contributed by atoms with Crippen LogP contribution in [0.1, 0.15) is 30.8 Å². The van der Waals surface area contributed by atoms with E-state index in [1.165, 1.54) is 6.92 Å². The normalized spacial score (nSPS) is 19.6. The summed E-state index contributed by atoms with van der Waals surface area (Å²) in [5.41, 5.74) is 2.67. The van der Waals surface area contributed by atoms with Gasteiger partial charge in [-0.05, 0) is 36.2 Å². The SMILES string of the molecule is CC(=O)Nc1ccc(CN2CC(O)CC2c2nc(-c3ccncc3)no2)cc1. The largest absolute Gasteiger partial charge is 0.392 e. The Kier molecular flexibility index (Phi) is 5.14. The lowest BCUT2D eigenvalue weighted by Gasteiger charge is -2.21. The van der Waals surface area contributed by atoms with Gasteiger partial charge in [0.25, 0.3) is 0 Å². The fourth-order valence-corrected chi connectivity index (χ4v) is 3.43. The second kappa shape index (κ2) is 7.87. The molecular formula is C20H21N5O3. The van der Waals surface area contributed by atoms with Gasteiger partial charge in [0.2, 0.25) is 17.6 Å². The minimum atomic E-state index is -0.445. The van der Waals surface area contributed by atoms with Crippen molar-refractivity contribution < 1.29 is 14.4 Å². The van der Waals surface area contributed by atoms with Crippen LogP contribution in [-0.2, 0) is 11.3 Å². The predicted octanol–water partition coefficient (Wildman–Crippen LogP) is 2.40. The van der Waals surface area contributed by atoms with E-state index >= 15 is 0 Å². The highest BCUT2D eigenvalue weighted by Gasteiger charge is 2.35. The van der Waals surface area contributed by atoms with E-state index < -0.39 is 6.10 Å². The Hall–Kier alpha value is -3.10. The molecule has 28 heavy (non-hydrogen) atoms. The fraction of sp³-hybridized carbons (Fsp3) is 0.300. The Morgan fingerprint density at radius 2 is 2.00 bits per heavy atom. The molecular weight excluding hydrogens is 358 g/mol. The van der Waals surface area contributed by atoms with E-state index in [9.17, 15) is 9.90 Å². The monoisotopic (exact) mass is 379 g/mol. The third-order valence-electron chi connectivity index (χ3n) is 4.71. The van der Waals surface area contributed by atoms with Gasteiger partial charge in [-0.25, -0.2) is 0 Å². The molecule has 2 atom stereocenters. The second-order valence-corrected chi connectivity index (χ2v) is 6.90. The number of aromatic nitrogens is 3. The van der Waals surface area contributed by atoms with Gasteiger partial charge in [-0.3, -0.25) is 14.7 Å². The van der Waals surface area contributed by atoms with Crippen molar-refractivity contribution in [1.82, 2.24) is 20.0 Å². The molecule has 4 rings (SSSR count). The number of hydrogen-bond acceptors (Lipinski definition) is 7. The van der Waals surface area contributed by atoms with Gasteiger partial charge >= 0.3 is 0 Å². The van der Waals surface area contributed by atoms with Gasteiger partial charge in [-0.2, -0.15) is 4.98 Å². The lowest BCUT2D eigenvalue weighted by Crippen LogP contribution is -2.24. The summed E-state index contributed by atoms with van der Waals surface area (Å²) in [7, 11) is 0. The third kappa shape index (κ3) is 4.08. The van der Waals surface area contributed by atoms with E-state index in [0.717, 1.165) is 16.8 Å². The Bertz CT molecular complexity index is 942. The van der Waals surface area contributed by atoms with Crippen LogP contribution in [0.4, 0.5) is 5.69 Å². The summed E-state index contributed by atoms with van der Waals surface area (Å²) in [6, 6.07) is 11.2. The molecule has 0 saturated carbocycles. The van der Waals surface area contributed by atoms with Crippen molar-refractivity contribution >= 4 is 11.6 Å². The minimum absolute atomic E-state index is 0.100. The summed E-state index contributed by atoms with van der Waals surface area (Å²) in [6.07, 6.45) is 3.46. The Labute approximate surface area is 162 Å². The predicted molar refractivity (Wildman–Crippen MR) is 102 cm³/mol. The van der Waals surface area contributed by atoms with Gasteiger partial charge in [-0.1, -0.05) is 17.3 Å². The zero-order chi connectivity index (χ0) is 19.5. The number of β-amino-alcohol motifs (C(OH)–C–C–N with tert-alkyl or cyclic N) is 1. The maximum absolute atomic E-state index is 11.1. The number of anilines is 1. The van der Waals surface area contributed by atoms with Crippen molar-refractivity contribution in [3.8, 4) is 11.4 Å². The molecule has 0 spiro atoms. The number of carbonyl (C=O) groups excluding carboxylic acids is 1. The van der Waals surface area contributed by atoms with Crippen molar-refractivity contribution in [2.75, 3.05) is 11.9 Å². The maximum atomic E-state index is 11.1. The van der Waals surface area contributed by atoms with Crippen LogP contribution >= 0.6 is 0 Å². The van der Waals surface area contributed by atoms with Crippen molar-refractivity contribution in [2.45, 2.75) is 32.0 Å². The average Bonchev–Trinajstić information content (AvgIpc) is 3.30. The van der Waals surface area contributed by atoms with Crippen molar-refractivity contribution in [2.24, 2.45) is 0 Å². The molecule has 8 heteroatoms. The molecule has 1 saturated heterocycles. The number of aliphatic hydroxyl groups is 1. The van der Waals surface area contributed by atoms with E-state index in [1.54, 1.807) is 12.4 Å². The first-order valence-corrected chi connectivity index (χ1v) is 9.11. The van der Waals surface area contributed by atoms with Gasteiger partial charge < -0.3 is 14.9 Å². The van der Waals surface area contributed by atoms with Crippen LogP contribution in [0.15, 0.2) is 53.3 Å². The van der Waals surface area contributed by atoms with Gasteiger partial charge in [0.05, 0.1) is 12.1 Å². The number of pyridine rings is 1. The molecule has 1 aromatic carbocycles. The summed E-state index contributed by atoms with van der Waals surface area (Å²) >= 11 is 0. The average molecular weight is 379 g/mol. The first kappa shape index (κ1) is 18.3. The molecule has 144 valence electrons. The van der Waals surface area contributed by atoms with Crippen LogP contribution < -0.4 is 5.32 Å². The maximum Gasteiger partial charge on any atom is 0.244 e. The molecule has 0 aliphatic carbocycles. The molecule has 1 fully saturated rings. The van der Waals surface area contributed by atoms with E-state index in [1.807, 2.05) is 36.4 Å². The lowest BCUT2D eigenvalue weighted by molar-refractivity contribution is -0.114. The number of amides is 1. The highest BCUT2D eigenvalue weighted by Crippen LogP contribution is 2.33. The minimum Gasteiger partial charge on any atom is -0.392 e. The first-order valence-electron chi connectivity index (χ1n) is 9.11. The Balaban J connectivity index is 1.50. The highest BCUT2D eigenvalue weighted by atomic mass is 16.5. The number of rotatable bonds is 5. The molecule has 1 aliphatic rings. The number of hydrogen-bond donors (Lipinski definition) is 2. The quantitative estimate of drug-likeness (QED) is 0.701. The molecule has 2 N–H and O–H groups in total. The number of aliphatic hydroxyl groups excluding tert-OH is 1. The lowest BCUT2D eigenvalue weighted by atomic mass is 10.1. The number of nitrogens with one attached hydrogen (secondary N) is 1. The van der Waals surface area contributed by atoms with Crippen LogP contribution in [0.5, 0.6) is 0 Å². The third-order valence-corrected chi connectivity index (χ3v) is 4.71. The van der Waals surface area contributed by atoms with E-state index in [2.05, 4.69) is 25.3 Å². The van der Waals surface area contributed by atoms with E-state index in [0.29, 0.717) is 31.2 Å². The fourth-order valence-electron chi connectivity index (χ4n) is 3.43. The summed E-state index contributed by atoms with van der Waals surface area (Å²) in [5.74, 6) is 0.911. The molecule has 1 amide bonds. The molecule has 1 aliphatic heterocycles. The molecule has 0 radical (unpaired) electrons. The van der Waals surface area contributed by atoms with Crippen molar-refractivity contribution in [3.63, 3.8) is 0 Å². The van der Waals surface area contributed by atoms with Crippen LogP contribution in [0, 0.1) is 0 Å². The van der Waals surface area contributed by atoms with E-state index in [-0.39, 0.29) is 11.9 Å². The van der Waals surface area contributed by atoms with Gasteiger partial charge in [-0.15, -0.1) is 0 Å². The highest BCUT2D eigenvalue weighted by molar-refractivity contribution is 5.88. The molecule has 3 heterocycles. The van der Waals surface area contributed by atoms with Crippen LogP contribution in [0.3, 0.4) is 0 Å². The van der Waals surface area contributed by atoms with Gasteiger partial charge in [0.1, 0.15) is 0 Å². The van der Waals surface area contributed by atoms with Crippen LogP contribution in [0.2, 0.25) is 0 Å². The molecule has 2 aromatic heterocycles. The van der Waals surface area contributed by atoms with E-state index in [4.69, 9.17) is 4.52 Å². The first-order chi connectivity index (χ1) is 13.6. The summed E-state index contributed by atoms with van der Waals surface area (Å²) < 4.78 is 5.50. The van der Waals surface area contributed by atoms with Crippen LogP contribution in [0.25, 0.3) is 11.4 Å². The topological polar surface area (TPSA) is 104 Å². The summed E-state index contributed by atoms with van der Waals surface area (Å²) in [6.45, 7) is 2.65. The molecule has 3 aromatic rings.